The first-order valence-corrected chi connectivity index (χ1v) is 14.5. The van der Waals surface area contributed by atoms with Crippen molar-refractivity contribution >= 4 is 39.1 Å². The summed E-state index contributed by atoms with van der Waals surface area (Å²) in [5, 5.41) is 3.15. The van der Waals surface area contributed by atoms with Crippen molar-refractivity contribution in [3.63, 3.8) is 0 Å². The van der Waals surface area contributed by atoms with Gasteiger partial charge in [-0.1, -0.05) is 48.4 Å². The van der Waals surface area contributed by atoms with Gasteiger partial charge in [0.05, 0.1) is 17.2 Å². The van der Waals surface area contributed by atoms with Crippen molar-refractivity contribution in [2.24, 2.45) is 0 Å². The van der Waals surface area contributed by atoms with Gasteiger partial charge in [0.25, 0.3) is 10.0 Å². The van der Waals surface area contributed by atoms with Gasteiger partial charge in [-0.2, -0.15) is 0 Å². The highest BCUT2D eigenvalue weighted by atomic mass is 35.5. The molecule has 10 heteroatoms. The molecule has 0 heterocycles. The van der Waals surface area contributed by atoms with Gasteiger partial charge in [0, 0.05) is 18.6 Å². The van der Waals surface area contributed by atoms with Crippen LogP contribution in [0.2, 0.25) is 5.02 Å². The zero-order chi connectivity index (χ0) is 28.6. The highest BCUT2D eigenvalue weighted by molar-refractivity contribution is 7.92. The zero-order valence-electron chi connectivity index (χ0n) is 22.6. The van der Waals surface area contributed by atoms with Crippen LogP contribution in [-0.2, 0) is 26.2 Å². The van der Waals surface area contributed by atoms with Gasteiger partial charge in [-0.15, -0.1) is 0 Å². The van der Waals surface area contributed by atoms with E-state index < -0.39 is 28.5 Å². The van der Waals surface area contributed by atoms with Gasteiger partial charge in [-0.25, -0.2) is 8.42 Å². The average molecular weight is 572 g/mol. The summed E-state index contributed by atoms with van der Waals surface area (Å²) < 4.78 is 34.3. The number of hydrogen-bond donors (Lipinski definition) is 1. The van der Waals surface area contributed by atoms with Crippen LogP contribution in [0.4, 0.5) is 5.69 Å². The lowest BCUT2D eigenvalue weighted by Crippen LogP contribution is -2.51. The molecule has 8 nitrogen and oxygen atoms in total. The van der Waals surface area contributed by atoms with Crippen molar-refractivity contribution in [2.45, 2.75) is 44.7 Å². The Balaban J connectivity index is 2.05. The maximum Gasteiger partial charge on any atom is 0.264 e. The molecule has 208 valence electrons. The molecular formula is C29H34ClN3O5S. The molecule has 0 aromatic heterocycles. The fourth-order valence-electron chi connectivity index (χ4n) is 4.11. The molecule has 0 unspecified atom stereocenters. The summed E-state index contributed by atoms with van der Waals surface area (Å²) in [6.45, 7) is 5.57. The van der Waals surface area contributed by atoms with E-state index in [2.05, 4.69) is 5.32 Å². The monoisotopic (exact) mass is 571 g/mol. The van der Waals surface area contributed by atoms with E-state index in [9.17, 15) is 18.0 Å². The number of anilines is 1. The topological polar surface area (TPSA) is 96.0 Å². The van der Waals surface area contributed by atoms with Crippen LogP contribution in [0.15, 0.2) is 77.7 Å². The molecule has 3 aromatic rings. The third-order valence-corrected chi connectivity index (χ3v) is 8.26. The second kappa shape index (κ2) is 13.5. The van der Waals surface area contributed by atoms with E-state index in [0.717, 1.165) is 15.4 Å². The molecule has 1 N–H and O–H groups in total. The van der Waals surface area contributed by atoms with Crippen molar-refractivity contribution in [1.29, 1.82) is 0 Å². The Labute approximate surface area is 235 Å². The number of ether oxygens (including phenoxy) is 1. The van der Waals surface area contributed by atoms with Crippen LogP contribution in [0.25, 0.3) is 0 Å². The van der Waals surface area contributed by atoms with E-state index >= 15 is 0 Å². The number of sulfonamides is 1. The third-order valence-electron chi connectivity index (χ3n) is 6.22. The highest BCUT2D eigenvalue weighted by Gasteiger charge is 2.33. The predicted octanol–water partition coefficient (Wildman–Crippen LogP) is 4.80. The van der Waals surface area contributed by atoms with E-state index in [1.165, 1.54) is 24.1 Å². The molecule has 1 atom stereocenters. The minimum Gasteiger partial charge on any atom is -0.494 e. The fourth-order valence-corrected chi connectivity index (χ4v) is 5.65. The summed E-state index contributed by atoms with van der Waals surface area (Å²) in [4.78, 5) is 28.1. The van der Waals surface area contributed by atoms with Crippen molar-refractivity contribution in [2.75, 3.05) is 24.5 Å². The first-order valence-electron chi connectivity index (χ1n) is 12.7. The van der Waals surface area contributed by atoms with E-state index in [4.69, 9.17) is 16.3 Å². The van der Waals surface area contributed by atoms with E-state index in [1.54, 1.807) is 67.6 Å². The number of rotatable bonds is 12. The van der Waals surface area contributed by atoms with Gasteiger partial charge >= 0.3 is 0 Å². The molecule has 0 spiro atoms. The van der Waals surface area contributed by atoms with Gasteiger partial charge in [-0.3, -0.25) is 13.9 Å². The average Bonchev–Trinajstić information content (AvgIpc) is 2.93. The van der Waals surface area contributed by atoms with E-state index in [-0.39, 0.29) is 17.3 Å². The molecule has 3 aromatic carbocycles. The van der Waals surface area contributed by atoms with Crippen LogP contribution in [-0.4, -0.2) is 51.4 Å². The lowest BCUT2D eigenvalue weighted by atomic mass is 10.1. The van der Waals surface area contributed by atoms with Crippen LogP contribution in [0.3, 0.4) is 0 Å². The molecule has 0 aliphatic heterocycles. The summed E-state index contributed by atoms with van der Waals surface area (Å²) in [7, 11) is -2.63. The molecule has 0 fully saturated rings. The van der Waals surface area contributed by atoms with E-state index in [0.29, 0.717) is 29.5 Å². The van der Waals surface area contributed by atoms with Crippen molar-refractivity contribution < 1.29 is 22.7 Å². The van der Waals surface area contributed by atoms with Crippen LogP contribution in [0.5, 0.6) is 5.75 Å². The van der Waals surface area contributed by atoms with Gasteiger partial charge in [-0.05, 0) is 74.4 Å². The second-order valence-electron chi connectivity index (χ2n) is 8.94. The molecule has 0 saturated heterocycles. The number of carbonyl (C=O) groups is 2. The molecule has 3 rings (SSSR count). The van der Waals surface area contributed by atoms with Crippen LogP contribution in [0.1, 0.15) is 31.4 Å². The van der Waals surface area contributed by atoms with Gasteiger partial charge in [0.1, 0.15) is 18.3 Å². The summed E-state index contributed by atoms with van der Waals surface area (Å²) in [5.74, 6) is -0.283. The summed E-state index contributed by atoms with van der Waals surface area (Å²) in [6.07, 6.45) is 0.340. The van der Waals surface area contributed by atoms with Crippen LogP contribution >= 0.6 is 11.6 Å². The number of likely N-dealkylation sites (N-methyl/N-ethyl adjacent to an activating group) is 1. The van der Waals surface area contributed by atoms with Gasteiger partial charge < -0.3 is 15.0 Å². The largest absolute Gasteiger partial charge is 0.494 e. The molecule has 39 heavy (non-hydrogen) atoms. The standard InChI is InChI=1S/C29H34ClN3O5S/c1-5-27(29(35)31-4)32(19-22-9-11-23(30)12-10-22)28(34)20-33(24-13-15-25(16-14-24)38-6-2)39(36,37)26-17-7-21(3)8-18-26/h7-18,27H,5-6,19-20H2,1-4H3,(H,31,35)/t27-/m1/s1. The number of nitrogens with zero attached hydrogens (tertiary/aromatic N) is 2. The molecule has 0 aliphatic rings. The lowest BCUT2D eigenvalue weighted by Gasteiger charge is -2.33. The first kappa shape index (κ1) is 30.0. The van der Waals surface area contributed by atoms with Crippen molar-refractivity contribution in [3.8, 4) is 5.75 Å². The van der Waals surface area contributed by atoms with Crippen molar-refractivity contribution in [1.82, 2.24) is 10.2 Å². The van der Waals surface area contributed by atoms with Crippen LogP contribution in [0, 0.1) is 6.92 Å². The quantitative estimate of drug-likeness (QED) is 0.337. The third kappa shape index (κ3) is 7.52. The number of aryl methyl sites for hydroxylation is 1. The summed E-state index contributed by atoms with van der Waals surface area (Å²) in [6, 6.07) is 19.1. The lowest BCUT2D eigenvalue weighted by molar-refractivity contribution is -0.140. The molecule has 0 aliphatic carbocycles. The molecule has 0 radical (unpaired) electrons. The number of hydrogen-bond acceptors (Lipinski definition) is 5. The summed E-state index contributed by atoms with van der Waals surface area (Å²) >= 11 is 6.03. The normalized spacial score (nSPS) is 11.9. The minimum absolute atomic E-state index is 0.0531. The maximum atomic E-state index is 13.9. The predicted molar refractivity (Wildman–Crippen MR) is 153 cm³/mol. The van der Waals surface area contributed by atoms with E-state index in [1.807, 2.05) is 13.8 Å². The Bertz CT molecular complexity index is 1360. The number of nitrogens with one attached hydrogen (secondary N) is 1. The molecule has 0 saturated carbocycles. The Morgan fingerprint density at radius 3 is 2.10 bits per heavy atom. The van der Waals surface area contributed by atoms with Crippen molar-refractivity contribution in [3.05, 3.63) is 88.9 Å². The SMILES string of the molecule is CCOc1ccc(N(CC(=O)N(Cc2ccc(Cl)cc2)[C@H](CC)C(=O)NC)S(=O)(=O)c2ccc(C)cc2)cc1. The summed E-state index contributed by atoms with van der Waals surface area (Å²) in [5.41, 5.74) is 1.96. The number of carbonyl (C=O) groups excluding carboxylic acids is 2. The Morgan fingerprint density at radius 2 is 1.56 bits per heavy atom. The number of benzene rings is 3. The first-order chi connectivity index (χ1) is 18.6. The Hall–Kier alpha value is -3.56. The second-order valence-corrected chi connectivity index (χ2v) is 11.2. The maximum absolute atomic E-state index is 13.9. The smallest absolute Gasteiger partial charge is 0.264 e. The minimum atomic E-state index is -4.13. The molecule has 2 amide bonds. The fraction of sp³-hybridized carbons (Fsp3) is 0.310. The number of amides is 2. The Morgan fingerprint density at radius 1 is 0.949 bits per heavy atom. The van der Waals surface area contributed by atoms with Gasteiger partial charge in [0.2, 0.25) is 11.8 Å². The zero-order valence-corrected chi connectivity index (χ0v) is 24.1. The van der Waals surface area contributed by atoms with Crippen LogP contribution < -0.4 is 14.4 Å². The Kier molecular flexibility index (Phi) is 10.4. The molecular weight excluding hydrogens is 538 g/mol. The molecule has 0 bridgehead atoms. The number of halogens is 1. The van der Waals surface area contributed by atoms with Gasteiger partial charge in [0.15, 0.2) is 0 Å². The highest BCUT2D eigenvalue weighted by Crippen LogP contribution is 2.27.